The summed E-state index contributed by atoms with van der Waals surface area (Å²) < 4.78 is 23.7. The van der Waals surface area contributed by atoms with Gasteiger partial charge in [-0.3, -0.25) is 0 Å². The Bertz CT molecular complexity index is 252. The van der Waals surface area contributed by atoms with Crippen molar-refractivity contribution in [2.24, 2.45) is 5.14 Å². The zero-order chi connectivity index (χ0) is 9.90. The monoisotopic (exact) mass is 208 g/mol. The SMILES string of the molecule is NS(=O)(=O)N[C@@H]1CCCCC[C@H]1O. The van der Waals surface area contributed by atoms with Crippen molar-refractivity contribution >= 4 is 10.2 Å². The fourth-order valence-corrected chi connectivity index (χ4v) is 2.33. The smallest absolute Gasteiger partial charge is 0.274 e. The molecule has 1 rings (SSSR count). The molecule has 0 amide bonds. The Morgan fingerprint density at radius 1 is 1.23 bits per heavy atom. The Balaban J connectivity index is 2.55. The van der Waals surface area contributed by atoms with Crippen LogP contribution < -0.4 is 9.86 Å². The highest BCUT2D eigenvalue weighted by Gasteiger charge is 2.24. The molecule has 6 heteroatoms. The van der Waals surface area contributed by atoms with Gasteiger partial charge in [-0.1, -0.05) is 19.3 Å². The standard InChI is InChI=1S/C7H16N2O3S/c8-13(11,12)9-6-4-2-1-3-5-7(6)10/h6-7,9-10H,1-5H2,(H2,8,11,12)/t6-,7-/m1/s1. The van der Waals surface area contributed by atoms with Gasteiger partial charge in [0.25, 0.3) is 10.2 Å². The molecule has 5 nitrogen and oxygen atoms in total. The van der Waals surface area contributed by atoms with Gasteiger partial charge in [-0.2, -0.15) is 13.1 Å². The predicted octanol–water partition coefficient (Wildman–Crippen LogP) is -0.527. The summed E-state index contributed by atoms with van der Waals surface area (Å²) in [6.45, 7) is 0. The number of aliphatic hydroxyl groups is 1. The van der Waals surface area contributed by atoms with E-state index in [0.29, 0.717) is 12.8 Å². The van der Waals surface area contributed by atoms with Crippen LogP contribution in [0.4, 0.5) is 0 Å². The zero-order valence-corrected chi connectivity index (χ0v) is 8.26. The summed E-state index contributed by atoms with van der Waals surface area (Å²) in [5.41, 5.74) is 0. The topological polar surface area (TPSA) is 92.4 Å². The molecule has 13 heavy (non-hydrogen) atoms. The minimum Gasteiger partial charge on any atom is -0.391 e. The highest BCUT2D eigenvalue weighted by atomic mass is 32.2. The molecule has 0 radical (unpaired) electrons. The number of nitrogens with two attached hydrogens (primary N) is 1. The van der Waals surface area contributed by atoms with E-state index < -0.39 is 22.4 Å². The van der Waals surface area contributed by atoms with Gasteiger partial charge in [0.15, 0.2) is 0 Å². The van der Waals surface area contributed by atoms with Crippen LogP contribution in [0.1, 0.15) is 32.1 Å². The molecule has 0 aromatic heterocycles. The van der Waals surface area contributed by atoms with E-state index in [0.717, 1.165) is 19.3 Å². The molecule has 0 aromatic rings. The van der Waals surface area contributed by atoms with Crippen molar-refractivity contribution in [3.8, 4) is 0 Å². The van der Waals surface area contributed by atoms with E-state index in [4.69, 9.17) is 5.14 Å². The molecule has 0 saturated heterocycles. The molecule has 1 aliphatic rings. The average molecular weight is 208 g/mol. The Morgan fingerprint density at radius 3 is 2.46 bits per heavy atom. The third-order valence-electron chi connectivity index (χ3n) is 2.30. The highest BCUT2D eigenvalue weighted by Crippen LogP contribution is 2.18. The van der Waals surface area contributed by atoms with E-state index >= 15 is 0 Å². The molecule has 78 valence electrons. The maximum Gasteiger partial charge on any atom is 0.274 e. The van der Waals surface area contributed by atoms with Gasteiger partial charge in [-0.15, -0.1) is 0 Å². The van der Waals surface area contributed by atoms with Gasteiger partial charge < -0.3 is 5.11 Å². The molecule has 0 aromatic carbocycles. The molecule has 0 heterocycles. The summed E-state index contributed by atoms with van der Waals surface area (Å²) in [6.07, 6.45) is 3.64. The molecule has 0 unspecified atom stereocenters. The summed E-state index contributed by atoms with van der Waals surface area (Å²) >= 11 is 0. The Labute approximate surface area is 78.5 Å². The van der Waals surface area contributed by atoms with Crippen molar-refractivity contribution in [2.45, 2.75) is 44.2 Å². The van der Waals surface area contributed by atoms with Crippen LogP contribution in [0.2, 0.25) is 0 Å². The molecule has 1 saturated carbocycles. The van der Waals surface area contributed by atoms with Crippen LogP contribution in [-0.4, -0.2) is 25.7 Å². The van der Waals surface area contributed by atoms with E-state index in [1.54, 1.807) is 0 Å². The largest absolute Gasteiger partial charge is 0.391 e. The maximum atomic E-state index is 10.7. The maximum absolute atomic E-state index is 10.7. The summed E-state index contributed by atoms with van der Waals surface area (Å²) in [6, 6.07) is -0.405. The number of rotatable bonds is 2. The van der Waals surface area contributed by atoms with Crippen LogP contribution in [-0.2, 0) is 10.2 Å². The molecular formula is C7H16N2O3S. The molecular weight excluding hydrogens is 192 g/mol. The first-order chi connectivity index (χ1) is 5.99. The van der Waals surface area contributed by atoms with Gasteiger partial charge in [-0.05, 0) is 12.8 Å². The second-order valence-electron chi connectivity index (χ2n) is 3.47. The minimum atomic E-state index is -3.68. The summed E-state index contributed by atoms with van der Waals surface area (Å²) in [5, 5.41) is 14.4. The predicted molar refractivity (Wildman–Crippen MR) is 49.1 cm³/mol. The molecule has 2 atom stereocenters. The first-order valence-electron chi connectivity index (χ1n) is 4.47. The number of nitrogens with one attached hydrogen (secondary N) is 1. The Morgan fingerprint density at radius 2 is 1.85 bits per heavy atom. The van der Waals surface area contributed by atoms with Gasteiger partial charge in [0, 0.05) is 6.04 Å². The van der Waals surface area contributed by atoms with Crippen molar-refractivity contribution in [2.75, 3.05) is 0 Å². The lowest BCUT2D eigenvalue weighted by Gasteiger charge is -2.19. The van der Waals surface area contributed by atoms with E-state index in [1.807, 2.05) is 0 Å². The average Bonchev–Trinajstić information content (AvgIpc) is 2.14. The molecule has 4 N–H and O–H groups in total. The van der Waals surface area contributed by atoms with Gasteiger partial charge in [-0.25, -0.2) is 5.14 Å². The van der Waals surface area contributed by atoms with Gasteiger partial charge in [0.1, 0.15) is 0 Å². The van der Waals surface area contributed by atoms with Gasteiger partial charge in [0.2, 0.25) is 0 Å². The van der Waals surface area contributed by atoms with Gasteiger partial charge in [0.05, 0.1) is 6.10 Å². The van der Waals surface area contributed by atoms with Crippen molar-refractivity contribution in [3.63, 3.8) is 0 Å². The fourth-order valence-electron chi connectivity index (χ4n) is 1.64. The van der Waals surface area contributed by atoms with Crippen LogP contribution in [0.5, 0.6) is 0 Å². The number of hydrogen-bond acceptors (Lipinski definition) is 3. The summed E-state index contributed by atoms with van der Waals surface area (Å²) in [5.74, 6) is 0. The van der Waals surface area contributed by atoms with Crippen molar-refractivity contribution in [3.05, 3.63) is 0 Å². The third-order valence-corrected chi connectivity index (χ3v) is 2.93. The molecule has 0 bridgehead atoms. The van der Waals surface area contributed by atoms with Crippen molar-refractivity contribution in [1.82, 2.24) is 4.72 Å². The van der Waals surface area contributed by atoms with Crippen LogP contribution in [0.25, 0.3) is 0 Å². The first-order valence-corrected chi connectivity index (χ1v) is 6.02. The molecule has 0 aliphatic heterocycles. The minimum absolute atomic E-state index is 0.405. The zero-order valence-electron chi connectivity index (χ0n) is 7.44. The van der Waals surface area contributed by atoms with E-state index in [-0.39, 0.29) is 0 Å². The Hall–Kier alpha value is -0.170. The number of aliphatic hydroxyl groups excluding tert-OH is 1. The fraction of sp³-hybridized carbons (Fsp3) is 1.00. The lowest BCUT2D eigenvalue weighted by Crippen LogP contribution is -2.45. The normalized spacial score (nSPS) is 31.2. The van der Waals surface area contributed by atoms with Crippen LogP contribution >= 0.6 is 0 Å². The van der Waals surface area contributed by atoms with Gasteiger partial charge >= 0.3 is 0 Å². The van der Waals surface area contributed by atoms with E-state index in [9.17, 15) is 13.5 Å². The quantitative estimate of drug-likeness (QED) is 0.533. The number of hydrogen-bond donors (Lipinski definition) is 3. The highest BCUT2D eigenvalue weighted by molar-refractivity contribution is 7.87. The second kappa shape index (κ2) is 4.36. The van der Waals surface area contributed by atoms with Crippen LogP contribution in [0.3, 0.4) is 0 Å². The lowest BCUT2D eigenvalue weighted by atomic mass is 10.1. The van der Waals surface area contributed by atoms with Crippen molar-refractivity contribution in [1.29, 1.82) is 0 Å². The van der Waals surface area contributed by atoms with E-state index in [1.165, 1.54) is 0 Å². The lowest BCUT2D eigenvalue weighted by molar-refractivity contribution is 0.130. The first kappa shape index (κ1) is 10.9. The molecule has 0 spiro atoms. The summed E-state index contributed by atoms with van der Waals surface area (Å²) in [4.78, 5) is 0. The van der Waals surface area contributed by atoms with Crippen LogP contribution in [0.15, 0.2) is 0 Å². The van der Waals surface area contributed by atoms with Crippen LogP contribution in [0, 0.1) is 0 Å². The van der Waals surface area contributed by atoms with Crippen molar-refractivity contribution < 1.29 is 13.5 Å². The molecule has 1 aliphatic carbocycles. The van der Waals surface area contributed by atoms with E-state index in [2.05, 4.69) is 4.72 Å². The Kier molecular flexibility index (Phi) is 3.66. The second-order valence-corrected chi connectivity index (χ2v) is 4.80. The summed E-state index contributed by atoms with van der Waals surface area (Å²) in [7, 11) is -3.68. The molecule has 1 fully saturated rings. The third kappa shape index (κ3) is 4.04.